The summed E-state index contributed by atoms with van der Waals surface area (Å²) in [5.74, 6) is 0. The quantitative estimate of drug-likeness (QED) is 0.375. The summed E-state index contributed by atoms with van der Waals surface area (Å²) in [5, 5.41) is 0. The van der Waals surface area contributed by atoms with Crippen LogP contribution in [0, 0.1) is 0 Å². The summed E-state index contributed by atoms with van der Waals surface area (Å²) in [6.45, 7) is 3.61. The fourth-order valence-corrected chi connectivity index (χ4v) is 2.73. The normalized spacial score (nSPS) is 14.3. The molecule has 0 aliphatic rings. The fraction of sp³-hybridized carbons (Fsp3) is 0.300. The molecule has 0 aliphatic heterocycles. The van der Waals surface area contributed by atoms with Crippen LogP contribution >= 0.6 is 7.37 Å². The first-order valence-corrected chi connectivity index (χ1v) is 7.05. The van der Waals surface area contributed by atoms with Crippen molar-refractivity contribution in [3.05, 3.63) is 18.2 Å². The van der Waals surface area contributed by atoms with E-state index in [1.807, 2.05) is 6.92 Å². The standard InChI is InChI=1S/C10H14N3O2P.K/c1-3-13-9-6-7(11)4-5-8(9)12-10(13)16(2,14)15;/h4-6H,3,11H2,1-2H3,(H,14,15);/q;+1/p-1. The minimum absolute atomic E-state index is 0. The van der Waals surface area contributed by atoms with E-state index in [0.717, 1.165) is 5.52 Å². The Hall–Kier alpha value is 0.316. The van der Waals surface area contributed by atoms with E-state index in [4.69, 9.17) is 5.73 Å². The van der Waals surface area contributed by atoms with Crippen molar-refractivity contribution in [1.29, 1.82) is 0 Å². The minimum atomic E-state index is -3.60. The van der Waals surface area contributed by atoms with E-state index in [1.165, 1.54) is 6.66 Å². The largest absolute Gasteiger partial charge is 1.00 e. The number of aromatic nitrogens is 2. The van der Waals surface area contributed by atoms with Crippen LogP contribution in [0.3, 0.4) is 0 Å². The second kappa shape index (κ2) is 5.53. The van der Waals surface area contributed by atoms with Crippen molar-refractivity contribution in [3.63, 3.8) is 0 Å². The van der Waals surface area contributed by atoms with Crippen molar-refractivity contribution in [3.8, 4) is 0 Å². The Labute approximate surface area is 142 Å². The van der Waals surface area contributed by atoms with Crippen molar-refractivity contribution < 1.29 is 60.8 Å². The number of rotatable bonds is 2. The summed E-state index contributed by atoms with van der Waals surface area (Å²) in [4.78, 5) is 15.7. The molecule has 86 valence electrons. The molecule has 0 amide bonds. The predicted molar refractivity (Wildman–Crippen MR) is 63.0 cm³/mol. The Kier molecular flexibility index (Phi) is 5.00. The van der Waals surface area contributed by atoms with Crippen molar-refractivity contribution in [2.24, 2.45) is 0 Å². The summed E-state index contributed by atoms with van der Waals surface area (Å²) in [5.41, 5.74) is 7.82. The number of hydrogen-bond acceptors (Lipinski definition) is 4. The number of aryl methyl sites for hydroxylation is 1. The van der Waals surface area contributed by atoms with Crippen molar-refractivity contribution >= 4 is 29.7 Å². The van der Waals surface area contributed by atoms with Gasteiger partial charge in [0.25, 0.3) is 0 Å². The third-order valence-electron chi connectivity index (χ3n) is 2.43. The number of benzene rings is 1. The van der Waals surface area contributed by atoms with Crippen LogP contribution in [-0.4, -0.2) is 16.2 Å². The molecule has 0 spiro atoms. The molecule has 1 aromatic carbocycles. The second-order valence-electron chi connectivity index (χ2n) is 3.75. The van der Waals surface area contributed by atoms with E-state index in [0.29, 0.717) is 17.7 Å². The van der Waals surface area contributed by atoms with Gasteiger partial charge in [-0.05, 0) is 31.8 Å². The number of fused-ring (bicyclic) bond motifs is 1. The van der Waals surface area contributed by atoms with Gasteiger partial charge in [0, 0.05) is 12.2 Å². The molecule has 2 N–H and O–H groups in total. The maximum Gasteiger partial charge on any atom is 1.00 e. The van der Waals surface area contributed by atoms with Crippen LogP contribution in [0.2, 0.25) is 0 Å². The van der Waals surface area contributed by atoms with E-state index in [9.17, 15) is 9.46 Å². The summed E-state index contributed by atoms with van der Waals surface area (Å²) < 4.78 is 13.2. The molecule has 1 aromatic heterocycles. The van der Waals surface area contributed by atoms with Crippen LogP contribution in [0.5, 0.6) is 0 Å². The van der Waals surface area contributed by atoms with Gasteiger partial charge in [0.2, 0.25) is 0 Å². The molecule has 2 rings (SSSR count). The van der Waals surface area contributed by atoms with Crippen LogP contribution in [0.15, 0.2) is 18.2 Å². The van der Waals surface area contributed by atoms with Crippen molar-refractivity contribution in [2.75, 3.05) is 12.4 Å². The number of nitrogen functional groups attached to an aromatic ring is 1. The molecular weight excluding hydrogens is 264 g/mol. The van der Waals surface area contributed by atoms with Gasteiger partial charge in [-0.1, -0.05) is 0 Å². The first-order chi connectivity index (χ1) is 7.43. The average molecular weight is 277 g/mol. The number of anilines is 1. The van der Waals surface area contributed by atoms with E-state index in [-0.39, 0.29) is 57.0 Å². The Bertz CT molecular complexity index is 590. The molecule has 0 saturated heterocycles. The van der Waals surface area contributed by atoms with Crippen LogP contribution in [-0.2, 0) is 11.1 Å². The third kappa shape index (κ3) is 3.01. The maximum absolute atomic E-state index is 11.6. The number of nitrogens with zero attached hydrogens (tertiary/aromatic N) is 2. The van der Waals surface area contributed by atoms with Crippen molar-refractivity contribution in [2.45, 2.75) is 13.5 Å². The van der Waals surface area contributed by atoms with Gasteiger partial charge >= 0.3 is 51.4 Å². The summed E-state index contributed by atoms with van der Waals surface area (Å²) in [6, 6.07) is 5.19. The molecule has 0 saturated carbocycles. The van der Waals surface area contributed by atoms with Crippen LogP contribution < -0.4 is 67.6 Å². The van der Waals surface area contributed by atoms with Gasteiger partial charge in [0.05, 0.1) is 18.4 Å². The Morgan fingerprint density at radius 1 is 1.53 bits per heavy atom. The van der Waals surface area contributed by atoms with E-state index < -0.39 is 7.37 Å². The van der Waals surface area contributed by atoms with Gasteiger partial charge in [-0.3, -0.25) is 0 Å². The number of imidazole rings is 1. The SMILES string of the molecule is CCn1c(P(C)(=O)[O-])nc2ccc(N)cc21.[K+]. The topological polar surface area (TPSA) is 84.0 Å². The fourth-order valence-electron chi connectivity index (χ4n) is 1.75. The van der Waals surface area contributed by atoms with Gasteiger partial charge in [-0.15, -0.1) is 0 Å². The smallest absolute Gasteiger partial charge is 0.794 e. The molecule has 2 aromatic rings. The van der Waals surface area contributed by atoms with Gasteiger partial charge in [-0.25, -0.2) is 4.98 Å². The number of nitrogens with two attached hydrogens (primary N) is 1. The molecule has 1 atom stereocenters. The monoisotopic (exact) mass is 277 g/mol. The summed E-state index contributed by atoms with van der Waals surface area (Å²) >= 11 is 0. The zero-order valence-electron chi connectivity index (χ0n) is 10.2. The molecule has 0 fully saturated rings. The molecule has 7 heteroatoms. The zero-order chi connectivity index (χ0) is 11.9. The summed E-state index contributed by atoms with van der Waals surface area (Å²) in [6.07, 6.45) is 0. The molecule has 1 heterocycles. The number of hydrogen-bond donors (Lipinski definition) is 1. The Morgan fingerprint density at radius 3 is 2.71 bits per heavy atom. The molecule has 0 bridgehead atoms. The van der Waals surface area contributed by atoms with E-state index in [2.05, 4.69) is 4.98 Å². The van der Waals surface area contributed by atoms with E-state index >= 15 is 0 Å². The Morgan fingerprint density at radius 2 is 2.18 bits per heavy atom. The van der Waals surface area contributed by atoms with Crippen LogP contribution in [0.1, 0.15) is 6.92 Å². The average Bonchev–Trinajstić information content (AvgIpc) is 2.54. The minimum Gasteiger partial charge on any atom is -0.794 e. The molecule has 0 aliphatic carbocycles. The van der Waals surface area contributed by atoms with Crippen LogP contribution in [0.25, 0.3) is 11.0 Å². The van der Waals surface area contributed by atoms with E-state index in [1.54, 1.807) is 22.8 Å². The third-order valence-corrected chi connectivity index (χ3v) is 3.50. The molecule has 5 nitrogen and oxygen atoms in total. The molecule has 0 radical (unpaired) electrons. The molecule has 17 heavy (non-hydrogen) atoms. The molecular formula is C10H13KN3O2P. The maximum atomic E-state index is 11.6. The van der Waals surface area contributed by atoms with Gasteiger partial charge in [0.1, 0.15) is 0 Å². The first-order valence-electron chi connectivity index (χ1n) is 4.98. The van der Waals surface area contributed by atoms with Gasteiger partial charge in [-0.2, -0.15) is 0 Å². The van der Waals surface area contributed by atoms with Crippen molar-refractivity contribution in [1.82, 2.24) is 9.55 Å². The molecule has 1 unspecified atom stereocenters. The van der Waals surface area contributed by atoms with Crippen LogP contribution in [0.4, 0.5) is 5.69 Å². The Balaban J connectivity index is 0.00000144. The zero-order valence-corrected chi connectivity index (χ0v) is 14.2. The predicted octanol–water partition coefficient (Wildman–Crippen LogP) is -2.46. The summed E-state index contributed by atoms with van der Waals surface area (Å²) in [7, 11) is -3.60. The first kappa shape index (κ1) is 15.4. The second-order valence-corrected chi connectivity index (χ2v) is 5.84. The van der Waals surface area contributed by atoms with Gasteiger partial charge < -0.3 is 19.8 Å². The van der Waals surface area contributed by atoms with Gasteiger partial charge in [0.15, 0.2) is 5.57 Å².